The summed E-state index contributed by atoms with van der Waals surface area (Å²) in [4.78, 5) is 16.5. The van der Waals surface area contributed by atoms with Gasteiger partial charge in [-0.25, -0.2) is 13.8 Å². The van der Waals surface area contributed by atoms with Gasteiger partial charge in [-0.15, -0.1) is 0 Å². The fourth-order valence-corrected chi connectivity index (χ4v) is 3.08. The Morgan fingerprint density at radius 1 is 1.07 bits per heavy atom. The number of hydrogen-bond donors (Lipinski definition) is 1. The van der Waals surface area contributed by atoms with E-state index in [2.05, 4.69) is 16.4 Å². The van der Waals surface area contributed by atoms with Gasteiger partial charge in [-0.2, -0.15) is 5.26 Å². The largest absolute Gasteiger partial charge is 0.325 e. The maximum Gasteiger partial charge on any atom is 0.234 e. The van der Waals surface area contributed by atoms with Crippen molar-refractivity contribution in [3.8, 4) is 17.3 Å². The van der Waals surface area contributed by atoms with Crippen LogP contribution in [0.3, 0.4) is 0 Å². The number of amides is 1. The average molecular weight is 381 g/mol. The highest BCUT2D eigenvalue weighted by Crippen LogP contribution is 2.25. The molecule has 0 aliphatic heterocycles. The minimum absolute atomic E-state index is 0.0289. The smallest absolute Gasteiger partial charge is 0.234 e. The molecule has 0 saturated carbocycles. The molecule has 4 nitrogen and oxygen atoms in total. The first-order valence-corrected chi connectivity index (χ1v) is 8.89. The third-order valence-electron chi connectivity index (χ3n) is 3.59. The highest BCUT2D eigenvalue weighted by molar-refractivity contribution is 8.00. The molecule has 0 spiro atoms. The Labute approximate surface area is 158 Å². The first-order chi connectivity index (χ1) is 13.1. The number of carbonyl (C=O) groups excluding carboxylic acids is 1. The third kappa shape index (κ3) is 4.68. The number of nitriles is 1. The second kappa shape index (κ2) is 8.43. The number of pyridine rings is 1. The van der Waals surface area contributed by atoms with Crippen molar-refractivity contribution in [3.63, 3.8) is 0 Å². The lowest BCUT2D eigenvalue weighted by molar-refractivity contribution is -0.113. The van der Waals surface area contributed by atoms with Crippen molar-refractivity contribution >= 4 is 23.4 Å². The lowest BCUT2D eigenvalue weighted by Gasteiger charge is -2.08. The molecule has 0 unspecified atom stereocenters. The van der Waals surface area contributed by atoms with E-state index in [1.807, 2.05) is 30.3 Å². The minimum atomic E-state index is -1.04. The van der Waals surface area contributed by atoms with Gasteiger partial charge in [-0.05, 0) is 24.3 Å². The van der Waals surface area contributed by atoms with Gasteiger partial charge in [-0.1, -0.05) is 42.1 Å². The number of anilines is 1. The highest BCUT2D eigenvalue weighted by atomic mass is 32.2. The zero-order chi connectivity index (χ0) is 19.2. The van der Waals surface area contributed by atoms with E-state index in [0.29, 0.717) is 16.3 Å². The van der Waals surface area contributed by atoms with Crippen LogP contribution in [0, 0.1) is 23.0 Å². The van der Waals surface area contributed by atoms with Gasteiger partial charge in [0, 0.05) is 17.3 Å². The Morgan fingerprint density at radius 3 is 2.56 bits per heavy atom. The topological polar surface area (TPSA) is 65.8 Å². The van der Waals surface area contributed by atoms with Crippen molar-refractivity contribution in [2.45, 2.75) is 5.03 Å². The maximum atomic E-state index is 13.2. The average Bonchev–Trinajstić information content (AvgIpc) is 2.69. The Hall–Kier alpha value is -3.24. The molecule has 3 aromatic rings. The molecule has 1 amide bonds. The van der Waals surface area contributed by atoms with E-state index in [0.717, 1.165) is 29.5 Å². The molecule has 0 atom stereocenters. The molecule has 0 aliphatic carbocycles. The summed E-state index contributed by atoms with van der Waals surface area (Å²) in [5, 5.41) is 12.2. The first kappa shape index (κ1) is 18.5. The Morgan fingerprint density at radius 2 is 1.85 bits per heavy atom. The van der Waals surface area contributed by atoms with E-state index in [-0.39, 0.29) is 11.4 Å². The van der Waals surface area contributed by atoms with Crippen LogP contribution in [-0.2, 0) is 4.79 Å². The number of rotatable bonds is 5. The zero-order valence-electron chi connectivity index (χ0n) is 13.9. The summed E-state index contributed by atoms with van der Waals surface area (Å²) < 4.78 is 26.1. The molecule has 0 radical (unpaired) electrons. The van der Waals surface area contributed by atoms with E-state index >= 15 is 0 Å². The lowest BCUT2D eigenvalue weighted by Crippen LogP contribution is -2.14. The van der Waals surface area contributed by atoms with Gasteiger partial charge in [0.05, 0.1) is 17.0 Å². The van der Waals surface area contributed by atoms with Crippen LogP contribution in [0.1, 0.15) is 5.56 Å². The summed E-state index contributed by atoms with van der Waals surface area (Å²) >= 11 is 1.10. The van der Waals surface area contributed by atoms with Crippen molar-refractivity contribution in [1.82, 2.24) is 4.98 Å². The zero-order valence-corrected chi connectivity index (χ0v) is 14.8. The molecular formula is C20H13F2N3OS. The monoisotopic (exact) mass is 381 g/mol. The molecule has 1 N–H and O–H groups in total. The molecule has 1 heterocycles. The number of hydrogen-bond acceptors (Lipinski definition) is 4. The van der Waals surface area contributed by atoms with E-state index in [4.69, 9.17) is 0 Å². The normalized spacial score (nSPS) is 10.3. The molecule has 2 aromatic carbocycles. The van der Waals surface area contributed by atoms with Gasteiger partial charge >= 0.3 is 0 Å². The van der Waals surface area contributed by atoms with Gasteiger partial charge < -0.3 is 5.32 Å². The van der Waals surface area contributed by atoms with Gasteiger partial charge in [-0.3, -0.25) is 4.79 Å². The second-order valence-electron chi connectivity index (χ2n) is 5.49. The predicted molar refractivity (Wildman–Crippen MR) is 100 cm³/mol. The summed E-state index contributed by atoms with van der Waals surface area (Å²) in [6.45, 7) is 0. The standard InChI is InChI=1S/C20H13F2N3OS/c21-16-8-7-15(10-17(16)22)24-19(26)12-27-20-14(11-23)6-9-18(25-20)13-4-2-1-3-5-13/h1-10H,12H2,(H,24,26). The quantitative estimate of drug-likeness (QED) is 0.655. The Bertz CT molecular complexity index is 1020. The van der Waals surface area contributed by atoms with Crippen LogP contribution in [0.15, 0.2) is 65.7 Å². The van der Waals surface area contributed by atoms with E-state index < -0.39 is 17.5 Å². The molecule has 0 aliphatic rings. The SMILES string of the molecule is N#Cc1ccc(-c2ccccc2)nc1SCC(=O)Nc1ccc(F)c(F)c1. The number of halogens is 2. The molecule has 0 bridgehead atoms. The first-order valence-electron chi connectivity index (χ1n) is 7.91. The summed E-state index contributed by atoms with van der Waals surface area (Å²) in [6.07, 6.45) is 0. The summed E-state index contributed by atoms with van der Waals surface area (Å²) in [6, 6.07) is 18.1. The maximum absolute atomic E-state index is 13.2. The Kier molecular flexibility index (Phi) is 5.79. The number of aromatic nitrogens is 1. The lowest BCUT2D eigenvalue weighted by atomic mass is 10.1. The van der Waals surface area contributed by atoms with Crippen molar-refractivity contribution in [3.05, 3.63) is 77.9 Å². The minimum Gasteiger partial charge on any atom is -0.325 e. The molecule has 27 heavy (non-hydrogen) atoms. The van der Waals surface area contributed by atoms with Gasteiger partial charge in [0.25, 0.3) is 0 Å². The van der Waals surface area contributed by atoms with E-state index in [1.165, 1.54) is 6.07 Å². The van der Waals surface area contributed by atoms with Crippen molar-refractivity contribution in [2.75, 3.05) is 11.1 Å². The molecular weight excluding hydrogens is 368 g/mol. The van der Waals surface area contributed by atoms with Crippen LogP contribution in [-0.4, -0.2) is 16.6 Å². The van der Waals surface area contributed by atoms with Gasteiger partial charge in [0.2, 0.25) is 5.91 Å². The summed E-state index contributed by atoms with van der Waals surface area (Å²) in [5.41, 5.74) is 2.11. The molecule has 0 saturated heterocycles. The number of nitrogens with one attached hydrogen (secondary N) is 1. The van der Waals surface area contributed by atoms with Crippen molar-refractivity contribution < 1.29 is 13.6 Å². The highest BCUT2D eigenvalue weighted by Gasteiger charge is 2.11. The van der Waals surface area contributed by atoms with Crippen LogP contribution >= 0.6 is 11.8 Å². The van der Waals surface area contributed by atoms with Gasteiger partial charge in [0.1, 0.15) is 11.1 Å². The molecule has 7 heteroatoms. The predicted octanol–water partition coefficient (Wildman–Crippen LogP) is 4.63. The summed E-state index contributed by atoms with van der Waals surface area (Å²) in [5.74, 6) is -2.46. The molecule has 0 fully saturated rings. The van der Waals surface area contributed by atoms with E-state index in [1.54, 1.807) is 12.1 Å². The number of nitrogens with zero attached hydrogens (tertiary/aromatic N) is 2. The molecule has 134 valence electrons. The van der Waals surface area contributed by atoms with Crippen LogP contribution in [0.5, 0.6) is 0 Å². The van der Waals surface area contributed by atoms with Crippen molar-refractivity contribution in [1.29, 1.82) is 5.26 Å². The van der Waals surface area contributed by atoms with Crippen LogP contribution in [0.25, 0.3) is 11.3 Å². The number of thioether (sulfide) groups is 1. The second-order valence-corrected chi connectivity index (χ2v) is 6.46. The van der Waals surface area contributed by atoms with Crippen molar-refractivity contribution in [2.24, 2.45) is 0 Å². The molecule has 3 rings (SSSR count). The fourth-order valence-electron chi connectivity index (χ4n) is 2.31. The fraction of sp³-hybridized carbons (Fsp3) is 0.0500. The van der Waals surface area contributed by atoms with Crippen LogP contribution in [0.4, 0.5) is 14.5 Å². The van der Waals surface area contributed by atoms with Crippen LogP contribution < -0.4 is 5.32 Å². The Balaban J connectivity index is 1.72. The van der Waals surface area contributed by atoms with E-state index in [9.17, 15) is 18.8 Å². The summed E-state index contributed by atoms with van der Waals surface area (Å²) in [7, 11) is 0. The van der Waals surface area contributed by atoms with Gasteiger partial charge in [0.15, 0.2) is 11.6 Å². The van der Waals surface area contributed by atoms with Crippen LogP contribution in [0.2, 0.25) is 0 Å². The number of carbonyl (C=O) groups is 1. The molecule has 1 aromatic heterocycles. The number of benzene rings is 2. The third-order valence-corrected chi connectivity index (χ3v) is 4.58.